The predicted octanol–water partition coefficient (Wildman–Crippen LogP) is 2.41. The summed E-state index contributed by atoms with van der Waals surface area (Å²) in [6.07, 6.45) is 2.64. The quantitative estimate of drug-likeness (QED) is 0.795. The number of aliphatic hydroxyl groups is 1. The number of carbonyl (C=O) groups is 1. The van der Waals surface area contributed by atoms with Gasteiger partial charge < -0.3 is 15.7 Å². The van der Waals surface area contributed by atoms with Crippen LogP contribution in [0.3, 0.4) is 0 Å². The Hall–Kier alpha value is -1.07. The van der Waals surface area contributed by atoms with Gasteiger partial charge in [-0.3, -0.25) is 0 Å². The number of nitrogens with one attached hydrogen (secondary N) is 2. The highest BCUT2D eigenvalue weighted by Gasteiger charge is 2.25. The molecule has 4 nitrogen and oxygen atoms in total. The summed E-state index contributed by atoms with van der Waals surface area (Å²) < 4.78 is 1.02. The molecule has 3 N–H and O–H groups in total. The van der Waals surface area contributed by atoms with E-state index < -0.39 is 0 Å². The molecule has 2 atom stereocenters. The third kappa shape index (κ3) is 4.51. The minimum Gasteiger partial charge on any atom is -0.393 e. The number of hydrogen-bond acceptors (Lipinski definition) is 2. The zero-order valence-corrected chi connectivity index (χ0v) is 12.3. The van der Waals surface area contributed by atoms with Crippen molar-refractivity contribution in [1.82, 2.24) is 10.6 Å². The van der Waals surface area contributed by atoms with Gasteiger partial charge in [-0.05, 0) is 30.5 Å². The second-order valence-corrected chi connectivity index (χ2v) is 5.86. The van der Waals surface area contributed by atoms with Crippen molar-refractivity contribution in [2.75, 3.05) is 6.54 Å². The Labute approximate surface area is 121 Å². The molecule has 1 aliphatic carbocycles. The van der Waals surface area contributed by atoms with Gasteiger partial charge in [0, 0.05) is 23.5 Å². The van der Waals surface area contributed by atoms with Crippen molar-refractivity contribution in [1.29, 1.82) is 0 Å². The lowest BCUT2D eigenvalue weighted by Gasteiger charge is -2.15. The summed E-state index contributed by atoms with van der Waals surface area (Å²) in [6, 6.07) is 7.64. The van der Waals surface area contributed by atoms with Crippen LogP contribution in [-0.2, 0) is 6.54 Å². The molecule has 0 aliphatic heterocycles. The van der Waals surface area contributed by atoms with Gasteiger partial charge in [0.15, 0.2) is 0 Å². The Morgan fingerprint density at radius 1 is 1.26 bits per heavy atom. The van der Waals surface area contributed by atoms with Crippen LogP contribution in [0.2, 0.25) is 0 Å². The summed E-state index contributed by atoms with van der Waals surface area (Å²) in [6.45, 7) is 1.06. The molecular weight excluding hydrogens is 308 g/mol. The summed E-state index contributed by atoms with van der Waals surface area (Å²) in [7, 11) is 0. The number of benzene rings is 1. The minimum absolute atomic E-state index is 0.179. The molecule has 0 unspecified atom stereocenters. The highest BCUT2D eigenvalue weighted by Crippen LogP contribution is 2.24. The lowest BCUT2D eigenvalue weighted by molar-refractivity contribution is 0.132. The molecule has 0 bridgehead atoms. The third-order valence-electron chi connectivity index (χ3n) is 3.51. The van der Waals surface area contributed by atoms with E-state index in [1.54, 1.807) is 0 Å². The molecule has 1 aromatic rings. The van der Waals surface area contributed by atoms with Crippen LogP contribution in [0.1, 0.15) is 24.8 Å². The lowest BCUT2D eigenvalue weighted by atomic mass is 10.1. The van der Waals surface area contributed by atoms with Crippen LogP contribution in [0.4, 0.5) is 4.79 Å². The van der Waals surface area contributed by atoms with Crippen molar-refractivity contribution in [2.24, 2.45) is 5.92 Å². The molecule has 1 saturated carbocycles. The summed E-state index contributed by atoms with van der Waals surface area (Å²) in [5, 5.41) is 15.3. The molecule has 104 valence electrons. The van der Waals surface area contributed by atoms with Gasteiger partial charge in [0.25, 0.3) is 0 Å². The molecule has 0 radical (unpaired) electrons. The monoisotopic (exact) mass is 326 g/mol. The van der Waals surface area contributed by atoms with E-state index in [9.17, 15) is 9.90 Å². The first-order chi connectivity index (χ1) is 9.15. The Morgan fingerprint density at radius 3 is 2.63 bits per heavy atom. The van der Waals surface area contributed by atoms with Crippen LogP contribution in [0.5, 0.6) is 0 Å². The van der Waals surface area contributed by atoms with E-state index >= 15 is 0 Å². The average molecular weight is 327 g/mol. The van der Waals surface area contributed by atoms with Gasteiger partial charge in [-0.1, -0.05) is 34.5 Å². The van der Waals surface area contributed by atoms with Crippen LogP contribution in [0, 0.1) is 5.92 Å². The molecular formula is C14H19BrN2O2. The van der Waals surface area contributed by atoms with Gasteiger partial charge in [-0.15, -0.1) is 0 Å². The molecule has 1 aromatic carbocycles. The molecule has 0 spiro atoms. The van der Waals surface area contributed by atoms with Gasteiger partial charge in [-0.25, -0.2) is 4.79 Å². The Morgan fingerprint density at radius 2 is 2.00 bits per heavy atom. The SMILES string of the molecule is O=C(NCc1ccc(Br)cc1)NC[C@@H]1CCC[C@@H]1O. The van der Waals surface area contributed by atoms with Crippen LogP contribution < -0.4 is 10.6 Å². The Kier molecular flexibility index (Phi) is 5.22. The lowest BCUT2D eigenvalue weighted by Crippen LogP contribution is -2.39. The van der Waals surface area contributed by atoms with Gasteiger partial charge in [0.1, 0.15) is 0 Å². The van der Waals surface area contributed by atoms with Crippen molar-refractivity contribution < 1.29 is 9.90 Å². The second kappa shape index (κ2) is 6.91. The molecule has 5 heteroatoms. The van der Waals surface area contributed by atoms with Crippen molar-refractivity contribution in [3.8, 4) is 0 Å². The van der Waals surface area contributed by atoms with Crippen LogP contribution in [-0.4, -0.2) is 23.8 Å². The average Bonchev–Trinajstić information content (AvgIpc) is 2.81. The van der Waals surface area contributed by atoms with E-state index in [2.05, 4.69) is 26.6 Å². The summed E-state index contributed by atoms with van der Waals surface area (Å²) in [5.41, 5.74) is 1.05. The molecule has 0 aromatic heterocycles. The fourth-order valence-corrected chi connectivity index (χ4v) is 2.59. The molecule has 1 aliphatic rings. The molecule has 19 heavy (non-hydrogen) atoms. The number of halogens is 1. The van der Waals surface area contributed by atoms with Crippen molar-refractivity contribution in [2.45, 2.75) is 31.9 Å². The molecule has 0 saturated heterocycles. The molecule has 0 heterocycles. The molecule has 2 rings (SSSR count). The first-order valence-electron chi connectivity index (χ1n) is 6.59. The zero-order chi connectivity index (χ0) is 13.7. The van der Waals surface area contributed by atoms with Gasteiger partial charge in [0.2, 0.25) is 0 Å². The second-order valence-electron chi connectivity index (χ2n) is 4.95. The highest BCUT2D eigenvalue weighted by atomic mass is 79.9. The van der Waals surface area contributed by atoms with E-state index in [-0.39, 0.29) is 18.1 Å². The smallest absolute Gasteiger partial charge is 0.315 e. The number of carbonyl (C=O) groups excluding carboxylic acids is 1. The summed E-state index contributed by atoms with van der Waals surface area (Å²) >= 11 is 3.37. The first-order valence-corrected chi connectivity index (χ1v) is 7.38. The highest BCUT2D eigenvalue weighted by molar-refractivity contribution is 9.10. The number of hydrogen-bond donors (Lipinski definition) is 3. The van der Waals surface area contributed by atoms with Crippen molar-refractivity contribution in [3.05, 3.63) is 34.3 Å². The van der Waals surface area contributed by atoms with E-state index in [0.717, 1.165) is 29.3 Å². The van der Waals surface area contributed by atoms with Gasteiger partial charge in [0.05, 0.1) is 6.10 Å². The van der Waals surface area contributed by atoms with Crippen LogP contribution in [0.25, 0.3) is 0 Å². The maximum atomic E-state index is 11.6. The normalized spacial score (nSPS) is 22.2. The van der Waals surface area contributed by atoms with Crippen molar-refractivity contribution in [3.63, 3.8) is 0 Å². The number of amides is 2. The van der Waals surface area contributed by atoms with E-state index in [1.165, 1.54) is 0 Å². The number of urea groups is 1. The number of rotatable bonds is 4. The largest absolute Gasteiger partial charge is 0.393 e. The van der Waals surface area contributed by atoms with E-state index in [1.807, 2.05) is 24.3 Å². The Balaban J connectivity index is 1.68. The fraction of sp³-hybridized carbons (Fsp3) is 0.500. The molecule has 2 amide bonds. The number of aliphatic hydroxyl groups excluding tert-OH is 1. The van der Waals surface area contributed by atoms with Crippen LogP contribution >= 0.6 is 15.9 Å². The van der Waals surface area contributed by atoms with E-state index in [0.29, 0.717) is 13.1 Å². The molecule has 1 fully saturated rings. The Bertz CT molecular complexity index is 422. The first kappa shape index (κ1) is 14.3. The zero-order valence-electron chi connectivity index (χ0n) is 10.7. The maximum Gasteiger partial charge on any atom is 0.315 e. The minimum atomic E-state index is -0.258. The standard InChI is InChI=1S/C14H19BrN2O2/c15-12-6-4-10(5-7-12)8-16-14(19)17-9-11-2-1-3-13(11)18/h4-7,11,13,18H,1-3,8-9H2,(H2,16,17,19)/t11-,13-/m0/s1. The van der Waals surface area contributed by atoms with Gasteiger partial charge >= 0.3 is 6.03 Å². The maximum absolute atomic E-state index is 11.6. The fourth-order valence-electron chi connectivity index (χ4n) is 2.33. The topological polar surface area (TPSA) is 61.4 Å². The third-order valence-corrected chi connectivity index (χ3v) is 4.04. The van der Waals surface area contributed by atoms with E-state index in [4.69, 9.17) is 0 Å². The summed E-state index contributed by atoms with van der Waals surface area (Å²) in [5.74, 6) is 0.207. The predicted molar refractivity (Wildman–Crippen MR) is 77.7 cm³/mol. The van der Waals surface area contributed by atoms with Gasteiger partial charge in [-0.2, -0.15) is 0 Å². The van der Waals surface area contributed by atoms with Crippen LogP contribution in [0.15, 0.2) is 28.7 Å². The van der Waals surface area contributed by atoms with Crippen molar-refractivity contribution >= 4 is 22.0 Å². The summed E-state index contributed by atoms with van der Waals surface area (Å²) in [4.78, 5) is 11.6.